The van der Waals surface area contributed by atoms with Gasteiger partial charge in [-0.3, -0.25) is 4.79 Å². The van der Waals surface area contributed by atoms with Crippen LogP contribution in [0.25, 0.3) is 11.0 Å². The molecule has 1 N–H and O–H groups in total. The highest BCUT2D eigenvalue weighted by Gasteiger charge is 2.10. The fraction of sp³-hybridized carbons (Fsp3) is 0.440. The van der Waals surface area contributed by atoms with Crippen LogP contribution in [-0.2, 0) is 13.0 Å². The summed E-state index contributed by atoms with van der Waals surface area (Å²) < 4.78 is 2.42. The molecular formula is C25H33N3O. The number of aryl methyl sites for hydroxylation is 2. The molecule has 0 aliphatic rings. The molecule has 29 heavy (non-hydrogen) atoms. The lowest BCUT2D eigenvalue weighted by atomic mass is 10.1. The van der Waals surface area contributed by atoms with Crippen molar-refractivity contribution in [2.75, 3.05) is 6.54 Å². The Labute approximate surface area is 174 Å². The van der Waals surface area contributed by atoms with Crippen molar-refractivity contribution in [2.24, 2.45) is 0 Å². The summed E-state index contributed by atoms with van der Waals surface area (Å²) in [5, 5.41) is 3.01. The maximum absolute atomic E-state index is 12.1. The zero-order valence-corrected chi connectivity index (χ0v) is 17.6. The van der Waals surface area contributed by atoms with Crippen LogP contribution in [0.15, 0.2) is 54.6 Å². The largest absolute Gasteiger partial charge is 0.352 e. The summed E-state index contributed by atoms with van der Waals surface area (Å²) in [6.45, 7) is 4.03. The topological polar surface area (TPSA) is 46.9 Å². The van der Waals surface area contributed by atoms with Gasteiger partial charge < -0.3 is 9.88 Å². The minimum Gasteiger partial charge on any atom is -0.352 e. The zero-order valence-electron chi connectivity index (χ0n) is 17.6. The number of para-hydroxylation sites is 2. The molecule has 1 heterocycles. The van der Waals surface area contributed by atoms with E-state index in [-0.39, 0.29) is 5.91 Å². The van der Waals surface area contributed by atoms with Crippen LogP contribution in [0.5, 0.6) is 0 Å². The molecule has 0 atom stereocenters. The van der Waals surface area contributed by atoms with Gasteiger partial charge in [0.1, 0.15) is 5.82 Å². The first-order valence-corrected chi connectivity index (χ1v) is 11.1. The first kappa shape index (κ1) is 21.1. The third kappa shape index (κ3) is 6.18. The summed E-state index contributed by atoms with van der Waals surface area (Å²) in [6, 6.07) is 17.9. The standard InChI is InChI=1S/C25H33N3O/c1-2-3-4-13-20-28-23-17-11-10-16-22(23)27-24(28)18-9-6-12-19-26-25(29)21-14-7-5-8-15-21/h5,7-8,10-11,14-17H,2-4,6,9,12-13,18-20H2,1H3,(H,26,29). The van der Waals surface area contributed by atoms with Crippen LogP contribution in [-0.4, -0.2) is 22.0 Å². The zero-order chi connectivity index (χ0) is 20.3. The van der Waals surface area contributed by atoms with Gasteiger partial charge in [0, 0.05) is 25.1 Å². The number of nitrogens with zero attached hydrogens (tertiary/aromatic N) is 2. The van der Waals surface area contributed by atoms with Crippen LogP contribution >= 0.6 is 0 Å². The lowest BCUT2D eigenvalue weighted by molar-refractivity contribution is 0.0953. The van der Waals surface area contributed by atoms with Crippen LogP contribution in [0, 0.1) is 0 Å². The second-order valence-corrected chi connectivity index (χ2v) is 7.66. The molecule has 0 spiro atoms. The van der Waals surface area contributed by atoms with Crippen LogP contribution in [0.4, 0.5) is 0 Å². The smallest absolute Gasteiger partial charge is 0.251 e. The molecule has 4 nitrogen and oxygen atoms in total. The van der Waals surface area contributed by atoms with E-state index in [0.29, 0.717) is 0 Å². The van der Waals surface area contributed by atoms with Crippen LogP contribution in [0.3, 0.4) is 0 Å². The Kier molecular flexibility index (Phi) is 8.29. The molecule has 0 saturated carbocycles. The maximum atomic E-state index is 12.1. The van der Waals surface area contributed by atoms with E-state index in [2.05, 4.69) is 41.1 Å². The fourth-order valence-corrected chi connectivity index (χ4v) is 3.74. The summed E-state index contributed by atoms with van der Waals surface area (Å²) in [5.74, 6) is 1.22. The number of amides is 1. The molecular weight excluding hydrogens is 358 g/mol. The van der Waals surface area contributed by atoms with Crippen molar-refractivity contribution >= 4 is 16.9 Å². The van der Waals surface area contributed by atoms with E-state index in [0.717, 1.165) is 49.9 Å². The summed E-state index contributed by atoms with van der Waals surface area (Å²) in [5.41, 5.74) is 3.09. The van der Waals surface area contributed by atoms with Crippen molar-refractivity contribution in [2.45, 2.75) is 64.8 Å². The van der Waals surface area contributed by atoms with Gasteiger partial charge in [0.2, 0.25) is 0 Å². The van der Waals surface area contributed by atoms with E-state index in [1.165, 1.54) is 37.0 Å². The molecule has 0 unspecified atom stereocenters. The molecule has 0 radical (unpaired) electrons. The highest BCUT2D eigenvalue weighted by atomic mass is 16.1. The van der Waals surface area contributed by atoms with Crippen molar-refractivity contribution in [3.05, 3.63) is 66.0 Å². The second kappa shape index (κ2) is 11.4. The van der Waals surface area contributed by atoms with Gasteiger partial charge in [-0.05, 0) is 43.5 Å². The average molecular weight is 392 g/mol. The van der Waals surface area contributed by atoms with E-state index in [1.807, 2.05) is 30.3 Å². The molecule has 4 heteroatoms. The van der Waals surface area contributed by atoms with E-state index in [1.54, 1.807) is 0 Å². The predicted molar refractivity (Wildman–Crippen MR) is 120 cm³/mol. The normalized spacial score (nSPS) is 11.1. The van der Waals surface area contributed by atoms with E-state index >= 15 is 0 Å². The number of benzene rings is 2. The first-order valence-electron chi connectivity index (χ1n) is 11.1. The van der Waals surface area contributed by atoms with Gasteiger partial charge in [-0.15, -0.1) is 0 Å². The van der Waals surface area contributed by atoms with Crippen molar-refractivity contribution in [3.8, 4) is 0 Å². The van der Waals surface area contributed by atoms with Crippen LogP contribution in [0.2, 0.25) is 0 Å². The molecule has 2 aromatic carbocycles. The molecule has 0 fully saturated rings. The highest BCUT2D eigenvalue weighted by molar-refractivity contribution is 5.94. The van der Waals surface area contributed by atoms with Crippen LogP contribution < -0.4 is 5.32 Å². The molecule has 3 rings (SSSR count). The summed E-state index contributed by atoms with van der Waals surface area (Å²) in [4.78, 5) is 17.0. The molecule has 1 amide bonds. The van der Waals surface area contributed by atoms with Gasteiger partial charge in [-0.2, -0.15) is 0 Å². The number of imidazole rings is 1. The van der Waals surface area contributed by atoms with Gasteiger partial charge in [-0.1, -0.05) is 62.9 Å². The monoisotopic (exact) mass is 391 g/mol. The molecule has 0 bridgehead atoms. The molecule has 0 aliphatic carbocycles. The van der Waals surface area contributed by atoms with Crippen molar-refractivity contribution in [3.63, 3.8) is 0 Å². The highest BCUT2D eigenvalue weighted by Crippen LogP contribution is 2.19. The number of nitrogens with one attached hydrogen (secondary N) is 1. The first-order chi connectivity index (χ1) is 14.3. The fourth-order valence-electron chi connectivity index (χ4n) is 3.74. The Hall–Kier alpha value is -2.62. The van der Waals surface area contributed by atoms with E-state index in [9.17, 15) is 4.79 Å². The molecule has 0 saturated heterocycles. The van der Waals surface area contributed by atoms with Crippen molar-refractivity contribution in [1.29, 1.82) is 0 Å². The lowest BCUT2D eigenvalue weighted by Gasteiger charge is -2.09. The van der Waals surface area contributed by atoms with Crippen molar-refractivity contribution in [1.82, 2.24) is 14.9 Å². The Bertz CT molecular complexity index is 885. The van der Waals surface area contributed by atoms with Crippen LogP contribution in [0.1, 0.15) is 68.1 Å². The van der Waals surface area contributed by atoms with Gasteiger partial charge in [0.05, 0.1) is 11.0 Å². The Morgan fingerprint density at radius 2 is 1.66 bits per heavy atom. The molecule has 1 aromatic heterocycles. The number of fused-ring (bicyclic) bond motifs is 1. The number of unbranched alkanes of at least 4 members (excludes halogenated alkanes) is 5. The minimum absolute atomic E-state index is 0.0134. The number of rotatable bonds is 12. The van der Waals surface area contributed by atoms with E-state index in [4.69, 9.17) is 4.98 Å². The Balaban J connectivity index is 1.45. The Morgan fingerprint density at radius 1 is 0.897 bits per heavy atom. The summed E-state index contributed by atoms with van der Waals surface area (Å²) in [7, 11) is 0. The number of hydrogen-bond donors (Lipinski definition) is 1. The average Bonchev–Trinajstić information content (AvgIpc) is 3.11. The van der Waals surface area contributed by atoms with Gasteiger partial charge >= 0.3 is 0 Å². The SMILES string of the molecule is CCCCCCn1c(CCCCCNC(=O)c2ccccc2)nc2ccccc21. The third-order valence-electron chi connectivity index (χ3n) is 5.37. The quantitative estimate of drug-likeness (QED) is 0.399. The maximum Gasteiger partial charge on any atom is 0.251 e. The minimum atomic E-state index is 0.0134. The lowest BCUT2D eigenvalue weighted by Crippen LogP contribution is -2.24. The van der Waals surface area contributed by atoms with Gasteiger partial charge in [-0.25, -0.2) is 4.98 Å². The summed E-state index contributed by atoms with van der Waals surface area (Å²) in [6.07, 6.45) is 9.24. The van der Waals surface area contributed by atoms with Gasteiger partial charge in [0.25, 0.3) is 5.91 Å². The van der Waals surface area contributed by atoms with E-state index < -0.39 is 0 Å². The number of aromatic nitrogens is 2. The molecule has 154 valence electrons. The van der Waals surface area contributed by atoms with Crippen molar-refractivity contribution < 1.29 is 4.79 Å². The number of hydrogen-bond acceptors (Lipinski definition) is 2. The molecule has 0 aliphatic heterocycles. The molecule has 3 aromatic rings. The predicted octanol–water partition coefficient (Wildman–Crippen LogP) is 5.76. The number of carbonyl (C=O) groups is 1. The third-order valence-corrected chi connectivity index (χ3v) is 5.37. The van der Waals surface area contributed by atoms with Gasteiger partial charge in [0.15, 0.2) is 0 Å². The Morgan fingerprint density at radius 3 is 2.48 bits per heavy atom. The summed E-state index contributed by atoms with van der Waals surface area (Å²) >= 11 is 0. The second-order valence-electron chi connectivity index (χ2n) is 7.66. The number of carbonyl (C=O) groups excluding carboxylic acids is 1.